The van der Waals surface area contributed by atoms with E-state index in [1.165, 1.54) is 30.5 Å². The zero-order valence-electron chi connectivity index (χ0n) is 25.2. The second kappa shape index (κ2) is 11.3. The van der Waals surface area contributed by atoms with Gasteiger partial charge in [0.2, 0.25) is 0 Å². The van der Waals surface area contributed by atoms with Crippen LogP contribution in [0.3, 0.4) is 0 Å². The van der Waals surface area contributed by atoms with Crippen molar-refractivity contribution in [2.24, 2.45) is 11.6 Å². The lowest BCUT2D eigenvalue weighted by atomic mass is 10.0. The van der Waals surface area contributed by atoms with Crippen LogP contribution in [0, 0.1) is 11.6 Å². The third-order valence-electron chi connectivity index (χ3n) is 8.86. The van der Waals surface area contributed by atoms with Crippen molar-refractivity contribution in [3.63, 3.8) is 0 Å². The van der Waals surface area contributed by atoms with Crippen molar-refractivity contribution in [2.75, 3.05) is 0 Å². The molecule has 4 aromatic carbocycles. The Hall–Kier alpha value is -5.13. The Morgan fingerprint density at radius 1 is 1.09 bits per heavy atom. The van der Waals surface area contributed by atoms with E-state index in [4.69, 9.17) is 37.6 Å². The fraction of sp³-hybridized carbons (Fsp3) is 0.200. The summed E-state index contributed by atoms with van der Waals surface area (Å²) in [5.41, 5.74) is 8.16. The summed E-state index contributed by atoms with van der Waals surface area (Å²) in [4.78, 5) is 16.6. The molecule has 0 bridgehead atoms. The van der Waals surface area contributed by atoms with Crippen LogP contribution in [0.15, 0.2) is 85.2 Å². The van der Waals surface area contributed by atoms with Gasteiger partial charge in [-0.15, -0.1) is 0 Å². The monoisotopic (exact) mass is 657 g/mol. The molecule has 240 valence electrons. The number of hydrogen-bond donors (Lipinski definition) is 3. The van der Waals surface area contributed by atoms with Crippen LogP contribution >= 0.6 is 11.6 Å². The van der Waals surface area contributed by atoms with E-state index >= 15 is 4.39 Å². The molecule has 1 atom stereocenters. The lowest BCUT2D eigenvalue weighted by Crippen LogP contribution is -2.42. The number of imidazole rings is 1. The molecule has 9 nitrogen and oxygen atoms in total. The number of ether oxygens (including phenoxy) is 2. The van der Waals surface area contributed by atoms with Crippen LogP contribution in [-0.4, -0.2) is 31.2 Å². The molecule has 0 amide bonds. The Morgan fingerprint density at radius 3 is 2.60 bits per heavy atom. The second-order valence-corrected chi connectivity index (χ2v) is 12.4. The Balaban J connectivity index is 1.22. The molecule has 1 saturated carbocycles. The number of nitrogens with two attached hydrogens (primary N) is 2. The number of rotatable bonds is 9. The van der Waals surface area contributed by atoms with Gasteiger partial charge < -0.3 is 29.9 Å². The van der Waals surface area contributed by atoms with Gasteiger partial charge in [0, 0.05) is 42.9 Å². The van der Waals surface area contributed by atoms with Crippen molar-refractivity contribution < 1.29 is 28.2 Å². The highest BCUT2D eigenvalue weighted by atomic mass is 35.5. The molecular weight excluding hydrogens is 628 g/mol. The zero-order valence-corrected chi connectivity index (χ0v) is 26.0. The average Bonchev–Trinajstić information content (AvgIpc) is 3.63. The number of carboxylic acid groups (broad SMARTS) is 1. The third kappa shape index (κ3) is 5.41. The van der Waals surface area contributed by atoms with Crippen LogP contribution in [0.4, 0.5) is 8.78 Å². The van der Waals surface area contributed by atoms with Crippen LogP contribution in [0.25, 0.3) is 22.2 Å². The quantitative estimate of drug-likeness (QED) is 0.118. The molecule has 1 fully saturated rings. The highest BCUT2D eigenvalue weighted by Gasteiger charge is 2.47. The van der Waals surface area contributed by atoms with E-state index in [-0.39, 0.29) is 22.6 Å². The summed E-state index contributed by atoms with van der Waals surface area (Å²) in [6, 6.07) is 19.1. The van der Waals surface area contributed by atoms with E-state index in [9.17, 15) is 14.3 Å². The van der Waals surface area contributed by atoms with E-state index in [2.05, 4.69) is 0 Å². The molecule has 0 saturated heterocycles. The van der Waals surface area contributed by atoms with Crippen molar-refractivity contribution >= 4 is 28.6 Å². The molecule has 12 heteroatoms. The molecule has 0 spiro atoms. The molecule has 0 radical (unpaired) electrons. The van der Waals surface area contributed by atoms with Crippen LogP contribution in [-0.2, 0) is 18.8 Å². The predicted molar refractivity (Wildman–Crippen MR) is 173 cm³/mol. The van der Waals surface area contributed by atoms with E-state index < -0.39 is 28.9 Å². The number of benzene rings is 4. The summed E-state index contributed by atoms with van der Waals surface area (Å²) in [5.74, 6) is 4.06. The SMILES string of the molecule is CC1(c2ccc(Cl)cc2F)Oc2cccc(-c3ccc(Cc4nc5ccc(C(=O)O)cc5n4CC4(N(N)/C=C\N)CC4)c(F)c3)c2O1. The standard InChI is InChI=1S/C35H30ClF2N5O4/c1-34(25-9-8-23(36)18-27(25)38)46-30-4-2-3-24(32(30)47-34)20-5-6-21(26(37)15-20)17-31-41-28-10-7-22(33(44)45)16-29(28)42(31)19-35(11-12-35)43(40)14-13-39/h2-10,13-16,18H,11-12,17,19,39-40H2,1H3,(H,44,45)/b14-13-. The number of carbonyl (C=O) groups is 1. The maximum absolute atomic E-state index is 15.9. The van der Waals surface area contributed by atoms with E-state index in [0.29, 0.717) is 51.6 Å². The van der Waals surface area contributed by atoms with Gasteiger partial charge in [-0.2, -0.15) is 0 Å². The Morgan fingerprint density at radius 2 is 1.89 bits per heavy atom. The fourth-order valence-corrected chi connectivity index (χ4v) is 6.31. The maximum Gasteiger partial charge on any atom is 0.335 e. The lowest BCUT2D eigenvalue weighted by molar-refractivity contribution is -0.0705. The Kier molecular flexibility index (Phi) is 7.33. The van der Waals surface area contributed by atoms with Crippen molar-refractivity contribution in [3.8, 4) is 22.6 Å². The maximum atomic E-state index is 15.9. The van der Waals surface area contributed by atoms with E-state index in [0.717, 1.165) is 12.8 Å². The van der Waals surface area contributed by atoms with Gasteiger partial charge in [0.1, 0.15) is 17.5 Å². The average molecular weight is 658 g/mol. The van der Waals surface area contributed by atoms with Gasteiger partial charge in [-0.3, -0.25) is 0 Å². The highest BCUT2D eigenvalue weighted by Crippen LogP contribution is 2.50. The van der Waals surface area contributed by atoms with Crippen molar-refractivity contribution in [1.82, 2.24) is 14.6 Å². The van der Waals surface area contributed by atoms with Crippen LogP contribution in [0.2, 0.25) is 5.02 Å². The van der Waals surface area contributed by atoms with Gasteiger partial charge in [-0.1, -0.05) is 35.9 Å². The Labute approximate surface area is 273 Å². The molecule has 7 rings (SSSR count). The number of aromatic carboxylic acids is 1. The van der Waals surface area contributed by atoms with Gasteiger partial charge in [-0.25, -0.2) is 24.4 Å². The second-order valence-electron chi connectivity index (χ2n) is 12.0. The number of para-hydroxylation sites is 1. The number of halogens is 3. The first-order chi connectivity index (χ1) is 22.5. The largest absolute Gasteiger partial charge is 0.478 e. The van der Waals surface area contributed by atoms with Gasteiger partial charge in [0.25, 0.3) is 5.79 Å². The van der Waals surface area contributed by atoms with E-state index in [1.54, 1.807) is 66.7 Å². The van der Waals surface area contributed by atoms with Crippen LogP contribution < -0.4 is 21.1 Å². The molecule has 1 aliphatic heterocycles. The number of aromatic nitrogens is 2. The molecule has 5 aromatic rings. The minimum Gasteiger partial charge on any atom is -0.478 e. The number of fused-ring (bicyclic) bond motifs is 2. The number of nitrogens with zero attached hydrogens (tertiary/aromatic N) is 3. The van der Waals surface area contributed by atoms with Crippen molar-refractivity contribution in [3.05, 3.63) is 124 Å². The first-order valence-electron chi connectivity index (χ1n) is 14.9. The molecule has 2 aliphatic rings. The van der Waals surface area contributed by atoms with Gasteiger partial charge in [0.05, 0.1) is 27.7 Å². The Bertz CT molecular complexity index is 2100. The van der Waals surface area contributed by atoms with Gasteiger partial charge in [0.15, 0.2) is 11.5 Å². The van der Waals surface area contributed by atoms with Crippen LogP contribution in [0.1, 0.15) is 47.1 Å². The topological polar surface area (TPSA) is 129 Å². The number of hydrazine groups is 1. The minimum atomic E-state index is -1.46. The molecule has 1 unspecified atom stereocenters. The first-order valence-corrected chi connectivity index (χ1v) is 15.3. The summed E-state index contributed by atoms with van der Waals surface area (Å²) >= 11 is 5.95. The van der Waals surface area contributed by atoms with Gasteiger partial charge >= 0.3 is 5.97 Å². The van der Waals surface area contributed by atoms with Crippen molar-refractivity contribution in [2.45, 2.75) is 44.1 Å². The number of hydrogen-bond acceptors (Lipinski definition) is 7. The minimum absolute atomic E-state index is 0.119. The third-order valence-corrected chi connectivity index (χ3v) is 9.10. The summed E-state index contributed by atoms with van der Waals surface area (Å²) in [5, 5.41) is 11.4. The summed E-state index contributed by atoms with van der Waals surface area (Å²) in [6.45, 7) is 2.02. The summed E-state index contributed by atoms with van der Waals surface area (Å²) < 4.78 is 45.0. The predicted octanol–water partition coefficient (Wildman–Crippen LogP) is 6.71. The molecular formula is C35H30ClF2N5O4. The molecule has 1 aliphatic carbocycles. The van der Waals surface area contributed by atoms with E-state index in [1.807, 2.05) is 4.57 Å². The van der Waals surface area contributed by atoms with Gasteiger partial charge in [-0.05, 0) is 72.5 Å². The highest BCUT2D eigenvalue weighted by molar-refractivity contribution is 6.30. The van der Waals surface area contributed by atoms with Crippen LogP contribution in [0.5, 0.6) is 11.5 Å². The summed E-state index contributed by atoms with van der Waals surface area (Å²) in [7, 11) is 0. The smallest absolute Gasteiger partial charge is 0.335 e. The molecule has 47 heavy (non-hydrogen) atoms. The summed E-state index contributed by atoms with van der Waals surface area (Å²) in [6.07, 6.45) is 4.69. The first kappa shape index (κ1) is 30.5. The molecule has 2 heterocycles. The zero-order chi connectivity index (χ0) is 33.1. The lowest BCUT2D eigenvalue weighted by Gasteiger charge is -2.27. The fourth-order valence-electron chi connectivity index (χ4n) is 6.15. The normalized spacial score (nSPS) is 17.8. The molecule has 1 aromatic heterocycles. The number of carboxylic acids is 1. The van der Waals surface area contributed by atoms with Crippen molar-refractivity contribution in [1.29, 1.82) is 0 Å². The molecule has 5 N–H and O–H groups in total.